The number of rotatable bonds is 6. The average Bonchev–Trinajstić information content (AvgIpc) is 2.75. The van der Waals surface area contributed by atoms with Gasteiger partial charge in [-0.25, -0.2) is 21.1 Å². The fourth-order valence-corrected chi connectivity index (χ4v) is 6.23. The number of anilines is 1. The lowest BCUT2D eigenvalue weighted by molar-refractivity contribution is -0.120. The van der Waals surface area contributed by atoms with Crippen LogP contribution in [0.25, 0.3) is 0 Å². The average molecular weight is 480 g/mol. The molecule has 0 saturated carbocycles. The van der Waals surface area contributed by atoms with Gasteiger partial charge in [0.2, 0.25) is 26.0 Å². The molecular weight excluding hydrogens is 450 g/mol. The summed E-state index contributed by atoms with van der Waals surface area (Å²) in [6, 6.07) is 11.5. The summed E-state index contributed by atoms with van der Waals surface area (Å²) >= 11 is 0. The summed E-state index contributed by atoms with van der Waals surface area (Å²) < 4.78 is 53.3. The number of aryl methyl sites for hydroxylation is 2. The second-order valence-electron chi connectivity index (χ2n) is 8.25. The van der Waals surface area contributed by atoms with Crippen LogP contribution in [0, 0.1) is 19.8 Å². The maximum absolute atomic E-state index is 12.8. The number of amides is 1. The molecule has 1 amide bonds. The molecule has 0 unspecified atom stereocenters. The Hall–Kier alpha value is -2.27. The van der Waals surface area contributed by atoms with Crippen molar-refractivity contribution in [1.82, 2.24) is 8.61 Å². The third kappa shape index (κ3) is 5.03. The van der Waals surface area contributed by atoms with Crippen LogP contribution in [0.15, 0.2) is 52.3 Å². The van der Waals surface area contributed by atoms with E-state index in [2.05, 4.69) is 5.32 Å². The van der Waals surface area contributed by atoms with Gasteiger partial charge in [0.25, 0.3) is 0 Å². The molecule has 10 heteroatoms. The highest BCUT2D eigenvalue weighted by Gasteiger charge is 2.32. The first-order chi connectivity index (χ1) is 14.9. The molecular formula is C22H29N3O5S2. The zero-order chi connectivity index (χ0) is 23.7. The number of hydrogen-bond donors (Lipinski definition) is 1. The highest BCUT2D eigenvalue weighted by molar-refractivity contribution is 7.89. The second kappa shape index (κ2) is 9.30. The van der Waals surface area contributed by atoms with E-state index in [1.54, 1.807) is 43.3 Å². The quantitative estimate of drug-likeness (QED) is 0.686. The monoisotopic (exact) mass is 479 g/mol. The molecule has 2 aromatic carbocycles. The summed E-state index contributed by atoms with van der Waals surface area (Å²) in [7, 11) is -4.31. The third-order valence-electron chi connectivity index (χ3n) is 5.70. The largest absolute Gasteiger partial charge is 0.326 e. The molecule has 3 rings (SSSR count). The van der Waals surface area contributed by atoms with Crippen LogP contribution in [0.2, 0.25) is 0 Å². The maximum atomic E-state index is 12.8. The number of piperidine rings is 1. The van der Waals surface area contributed by atoms with Crippen LogP contribution in [0.4, 0.5) is 5.69 Å². The first kappa shape index (κ1) is 24.4. The van der Waals surface area contributed by atoms with Gasteiger partial charge in [0.15, 0.2) is 0 Å². The van der Waals surface area contributed by atoms with Gasteiger partial charge in [-0.1, -0.05) is 23.8 Å². The topological polar surface area (TPSA) is 104 Å². The van der Waals surface area contributed by atoms with Crippen molar-refractivity contribution in [2.75, 3.05) is 32.5 Å². The first-order valence-corrected chi connectivity index (χ1v) is 13.2. The van der Waals surface area contributed by atoms with Gasteiger partial charge < -0.3 is 5.32 Å². The summed E-state index contributed by atoms with van der Waals surface area (Å²) in [6.45, 7) is 4.10. The number of benzene rings is 2. The Morgan fingerprint density at radius 1 is 0.969 bits per heavy atom. The maximum Gasteiger partial charge on any atom is 0.243 e. The predicted octanol–water partition coefficient (Wildman–Crippen LogP) is 2.59. The van der Waals surface area contributed by atoms with Gasteiger partial charge >= 0.3 is 0 Å². The molecule has 0 bridgehead atoms. The number of carbonyl (C=O) groups is 1. The second-order valence-corrected chi connectivity index (χ2v) is 12.3. The van der Waals surface area contributed by atoms with Crippen molar-refractivity contribution in [3.8, 4) is 0 Å². The van der Waals surface area contributed by atoms with Gasteiger partial charge in [-0.3, -0.25) is 4.79 Å². The lowest BCUT2D eigenvalue weighted by Crippen LogP contribution is -2.41. The fraction of sp³-hybridized carbons (Fsp3) is 0.409. The molecule has 1 aliphatic rings. The molecule has 1 saturated heterocycles. The normalized spacial score (nSPS) is 16.3. The minimum atomic E-state index is -3.63. The Labute approximate surface area is 190 Å². The zero-order valence-corrected chi connectivity index (χ0v) is 20.3. The van der Waals surface area contributed by atoms with Gasteiger partial charge in [0.1, 0.15) is 0 Å². The Morgan fingerprint density at radius 2 is 1.56 bits per heavy atom. The molecule has 8 nitrogen and oxygen atoms in total. The van der Waals surface area contributed by atoms with Crippen LogP contribution >= 0.6 is 0 Å². The van der Waals surface area contributed by atoms with Crippen LogP contribution in [-0.4, -0.2) is 58.5 Å². The smallest absolute Gasteiger partial charge is 0.243 e. The van der Waals surface area contributed by atoms with E-state index in [0.717, 1.165) is 9.87 Å². The van der Waals surface area contributed by atoms with Crippen molar-refractivity contribution in [3.63, 3.8) is 0 Å². The Balaban J connectivity index is 1.67. The van der Waals surface area contributed by atoms with Crippen molar-refractivity contribution in [1.29, 1.82) is 0 Å². The van der Waals surface area contributed by atoms with Crippen LogP contribution in [0.1, 0.15) is 24.0 Å². The fourth-order valence-electron chi connectivity index (χ4n) is 3.61. The number of sulfonamides is 2. The number of hydrogen-bond acceptors (Lipinski definition) is 5. The highest BCUT2D eigenvalue weighted by Crippen LogP contribution is 2.27. The summed E-state index contributed by atoms with van der Waals surface area (Å²) in [5.41, 5.74) is 1.97. The molecule has 0 radical (unpaired) electrons. The lowest BCUT2D eigenvalue weighted by atomic mass is 9.97. The molecule has 1 N–H and O–H groups in total. The van der Waals surface area contributed by atoms with Crippen LogP contribution < -0.4 is 5.32 Å². The Kier molecular flexibility index (Phi) is 7.09. The molecule has 32 heavy (non-hydrogen) atoms. The van der Waals surface area contributed by atoms with Crippen molar-refractivity contribution >= 4 is 31.6 Å². The van der Waals surface area contributed by atoms with Crippen molar-refractivity contribution < 1.29 is 21.6 Å². The van der Waals surface area contributed by atoms with Gasteiger partial charge in [-0.15, -0.1) is 0 Å². The number of carbonyl (C=O) groups excluding carboxylic acids is 1. The lowest BCUT2D eigenvalue weighted by Gasteiger charge is -2.30. The van der Waals surface area contributed by atoms with E-state index in [-0.39, 0.29) is 34.7 Å². The first-order valence-electron chi connectivity index (χ1n) is 10.3. The molecule has 1 fully saturated rings. The van der Waals surface area contributed by atoms with Crippen LogP contribution in [0.5, 0.6) is 0 Å². The third-order valence-corrected chi connectivity index (χ3v) is 9.57. The van der Waals surface area contributed by atoms with Gasteiger partial charge in [0.05, 0.1) is 9.79 Å². The summed E-state index contributed by atoms with van der Waals surface area (Å²) in [6.07, 6.45) is 0.789. The number of nitrogens with zero attached hydrogens (tertiary/aromatic N) is 2. The Morgan fingerprint density at radius 3 is 2.12 bits per heavy atom. The molecule has 0 atom stereocenters. The van der Waals surface area contributed by atoms with Crippen molar-refractivity contribution in [3.05, 3.63) is 53.6 Å². The van der Waals surface area contributed by atoms with Crippen LogP contribution in [0.3, 0.4) is 0 Å². The molecule has 1 aliphatic heterocycles. The minimum Gasteiger partial charge on any atom is -0.326 e. The zero-order valence-electron chi connectivity index (χ0n) is 18.7. The van der Waals surface area contributed by atoms with Gasteiger partial charge in [-0.05, 0) is 56.5 Å². The van der Waals surface area contributed by atoms with Crippen molar-refractivity contribution in [2.45, 2.75) is 36.5 Å². The number of nitrogens with one attached hydrogen (secondary N) is 1. The van der Waals surface area contributed by atoms with E-state index < -0.39 is 20.0 Å². The van der Waals surface area contributed by atoms with E-state index in [1.165, 1.54) is 24.5 Å². The van der Waals surface area contributed by atoms with Crippen LogP contribution in [-0.2, 0) is 24.8 Å². The SMILES string of the molecule is Cc1ccc(S(=O)(=O)N2CCC(C(=O)Nc3ccc(C)c(S(=O)(=O)N(C)C)c3)CC2)cc1. The minimum absolute atomic E-state index is 0.138. The Bertz CT molecular complexity index is 1200. The summed E-state index contributed by atoms with van der Waals surface area (Å²) in [4.78, 5) is 13.2. The van der Waals surface area contributed by atoms with Crippen molar-refractivity contribution in [2.24, 2.45) is 5.92 Å². The standard InChI is InChI=1S/C22H29N3O5S2/c1-16-5-9-20(10-6-16)31(27,28)25-13-11-18(12-14-25)22(26)23-19-8-7-17(2)21(15-19)32(29,30)24(3)4/h5-10,15,18H,11-14H2,1-4H3,(H,23,26). The van der Waals surface area contributed by atoms with E-state index >= 15 is 0 Å². The molecule has 0 spiro atoms. The van der Waals surface area contributed by atoms with E-state index in [1.807, 2.05) is 6.92 Å². The van der Waals surface area contributed by atoms with E-state index in [0.29, 0.717) is 24.1 Å². The summed E-state index contributed by atoms with van der Waals surface area (Å²) in [5, 5.41) is 2.79. The molecule has 2 aromatic rings. The molecule has 1 heterocycles. The molecule has 0 aromatic heterocycles. The van der Waals surface area contributed by atoms with E-state index in [9.17, 15) is 21.6 Å². The van der Waals surface area contributed by atoms with E-state index in [4.69, 9.17) is 0 Å². The highest BCUT2D eigenvalue weighted by atomic mass is 32.2. The summed E-state index contributed by atoms with van der Waals surface area (Å²) in [5.74, 6) is -0.593. The predicted molar refractivity (Wildman–Crippen MR) is 123 cm³/mol. The molecule has 0 aliphatic carbocycles. The molecule has 174 valence electrons. The van der Waals surface area contributed by atoms with Gasteiger partial charge in [-0.2, -0.15) is 4.31 Å². The van der Waals surface area contributed by atoms with Gasteiger partial charge in [0, 0.05) is 38.8 Å².